The molecule has 0 radical (unpaired) electrons. The molecule has 16 heavy (non-hydrogen) atoms. The molecule has 1 aliphatic heterocycles. The van der Waals surface area contributed by atoms with Crippen LogP contribution in [0.3, 0.4) is 0 Å². The van der Waals surface area contributed by atoms with Crippen molar-refractivity contribution in [3.8, 4) is 5.88 Å². The van der Waals surface area contributed by atoms with Gasteiger partial charge in [-0.05, 0) is 12.0 Å². The summed E-state index contributed by atoms with van der Waals surface area (Å²) in [6.45, 7) is 5.45. The van der Waals surface area contributed by atoms with Crippen LogP contribution in [0.5, 0.6) is 5.88 Å². The van der Waals surface area contributed by atoms with Crippen molar-refractivity contribution in [2.24, 2.45) is 5.92 Å². The SMILES string of the molecule is COc1cc(N2CC(O)(C(C)C)C2)ccn1. The molecule has 2 heterocycles. The van der Waals surface area contributed by atoms with Gasteiger partial charge in [0.2, 0.25) is 5.88 Å². The fourth-order valence-corrected chi connectivity index (χ4v) is 1.87. The van der Waals surface area contributed by atoms with E-state index in [9.17, 15) is 5.11 Å². The van der Waals surface area contributed by atoms with Crippen molar-refractivity contribution in [1.29, 1.82) is 0 Å². The van der Waals surface area contributed by atoms with E-state index in [0.29, 0.717) is 19.0 Å². The normalized spacial score (nSPS) is 18.4. The number of nitrogens with zero attached hydrogens (tertiary/aromatic N) is 2. The molecule has 1 aromatic heterocycles. The summed E-state index contributed by atoms with van der Waals surface area (Å²) in [5.74, 6) is 0.893. The molecule has 0 amide bonds. The summed E-state index contributed by atoms with van der Waals surface area (Å²) in [4.78, 5) is 6.19. The highest BCUT2D eigenvalue weighted by atomic mass is 16.5. The van der Waals surface area contributed by atoms with Crippen molar-refractivity contribution < 1.29 is 9.84 Å². The Hall–Kier alpha value is -1.29. The number of aromatic nitrogens is 1. The van der Waals surface area contributed by atoms with E-state index in [0.717, 1.165) is 5.69 Å². The van der Waals surface area contributed by atoms with Gasteiger partial charge >= 0.3 is 0 Å². The average Bonchev–Trinajstić information content (AvgIpc) is 2.24. The van der Waals surface area contributed by atoms with Gasteiger partial charge in [0.1, 0.15) is 5.60 Å². The Morgan fingerprint density at radius 2 is 2.19 bits per heavy atom. The van der Waals surface area contributed by atoms with Crippen LogP contribution in [0.4, 0.5) is 5.69 Å². The molecule has 0 aromatic carbocycles. The minimum Gasteiger partial charge on any atom is -0.481 e. The smallest absolute Gasteiger partial charge is 0.214 e. The van der Waals surface area contributed by atoms with Gasteiger partial charge < -0.3 is 14.7 Å². The van der Waals surface area contributed by atoms with Crippen LogP contribution in [0, 0.1) is 5.92 Å². The summed E-state index contributed by atoms with van der Waals surface area (Å²) in [6, 6.07) is 3.82. The first-order chi connectivity index (χ1) is 7.55. The monoisotopic (exact) mass is 222 g/mol. The van der Waals surface area contributed by atoms with Gasteiger partial charge in [-0.2, -0.15) is 0 Å². The molecule has 0 spiro atoms. The van der Waals surface area contributed by atoms with E-state index >= 15 is 0 Å². The minimum absolute atomic E-state index is 0.285. The van der Waals surface area contributed by atoms with Crippen molar-refractivity contribution in [3.05, 3.63) is 18.3 Å². The molecule has 0 aliphatic carbocycles. The molecule has 4 nitrogen and oxygen atoms in total. The number of hydrogen-bond acceptors (Lipinski definition) is 4. The Labute approximate surface area is 95.9 Å². The predicted molar refractivity (Wildman–Crippen MR) is 62.8 cm³/mol. The maximum atomic E-state index is 10.2. The summed E-state index contributed by atoms with van der Waals surface area (Å²) < 4.78 is 5.07. The van der Waals surface area contributed by atoms with Crippen molar-refractivity contribution >= 4 is 5.69 Å². The van der Waals surface area contributed by atoms with Gasteiger partial charge in [-0.25, -0.2) is 4.98 Å². The van der Waals surface area contributed by atoms with Gasteiger partial charge in [0.25, 0.3) is 0 Å². The molecular weight excluding hydrogens is 204 g/mol. The molecule has 1 fully saturated rings. The molecule has 0 unspecified atom stereocenters. The summed E-state index contributed by atoms with van der Waals surface area (Å²) in [5, 5.41) is 10.2. The lowest BCUT2D eigenvalue weighted by Crippen LogP contribution is -2.64. The van der Waals surface area contributed by atoms with E-state index in [4.69, 9.17) is 4.74 Å². The van der Waals surface area contributed by atoms with Gasteiger partial charge in [0.05, 0.1) is 7.11 Å². The molecule has 1 aliphatic rings. The maximum Gasteiger partial charge on any atom is 0.214 e. The highest BCUT2D eigenvalue weighted by Crippen LogP contribution is 2.33. The lowest BCUT2D eigenvalue weighted by Gasteiger charge is -2.50. The second-order valence-corrected chi connectivity index (χ2v) is 4.67. The van der Waals surface area contributed by atoms with Crippen LogP contribution in [0.25, 0.3) is 0 Å². The summed E-state index contributed by atoms with van der Waals surface area (Å²) in [6.07, 6.45) is 1.72. The van der Waals surface area contributed by atoms with Gasteiger partial charge in [-0.3, -0.25) is 0 Å². The van der Waals surface area contributed by atoms with Crippen LogP contribution in [-0.2, 0) is 0 Å². The van der Waals surface area contributed by atoms with E-state index in [2.05, 4.69) is 9.88 Å². The van der Waals surface area contributed by atoms with Crippen molar-refractivity contribution in [2.45, 2.75) is 19.4 Å². The quantitative estimate of drug-likeness (QED) is 0.837. The second kappa shape index (κ2) is 3.94. The van der Waals surface area contributed by atoms with Crippen LogP contribution in [-0.4, -0.2) is 35.9 Å². The number of hydrogen-bond donors (Lipinski definition) is 1. The zero-order valence-electron chi connectivity index (χ0n) is 9.97. The Balaban J connectivity index is 2.06. The van der Waals surface area contributed by atoms with Crippen LogP contribution < -0.4 is 9.64 Å². The molecule has 1 N–H and O–H groups in total. The number of methoxy groups -OCH3 is 1. The van der Waals surface area contributed by atoms with E-state index < -0.39 is 5.60 Å². The highest BCUT2D eigenvalue weighted by Gasteiger charge is 2.43. The van der Waals surface area contributed by atoms with Crippen molar-refractivity contribution in [1.82, 2.24) is 4.98 Å². The highest BCUT2D eigenvalue weighted by molar-refractivity contribution is 5.51. The van der Waals surface area contributed by atoms with Crippen LogP contribution in [0.2, 0.25) is 0 Å². The van der Waals surface area contributed by atoms with Crippen LogP contribution in [0.1, 0.15) is 13.8 Å². The number of pyridine rings is 1. The standard InChI is InChI=1S/C12H18N2O2/c1-9(2)12(15)7-14(8-12)10-4-5-13-11(6-10)16-3/h4-6,9,15H,7-8H2,1-3H3. The van der Waals surface area contributed by atoms with E-state index in [1.54, 1.807) is 13.3 Å². The third kappa shape index (κ3) is 1.85. The average molecular weight is 222 g/mol. The van der Waals surface area contributed by atoms with Crippen LogP contribution >= 0.6 is 0 Å². The van der Waals surface area contributed by atoms with E-state index in [-0.39, 0.29) is 5.92 Å². The maximum absolute atomic E-state index is 10.2. The molecule has 88 valence electrons. The number of ether oxygens (including phenoxy) is 1. The first kappa shape index (κ1) is 11.2. The Bertz CT molecular complexity index is 373. The van der Waals surface area contributed by atoms with Crippen molar-refractivity contribution in [3.63, 3.8) is 0 Å². The van der Waals surface area contributed by atoms with Gasteiger partial charge in [0, 0.05) is 31.0 Å². The predicted octanol–water partition coefficient (Wildman–Crippen LogP) is 1.30. The second-order valence-electron chi connectivity index (χ2n) is 4.67. The lowest BCUT2D eigenvalue weighted by atomic mass is 9.83. The first-order valence-electron chi connectivity index (χ1n) is 5.52. The number of rotatable bonds is 3. The largest absolute Gasteiger partial charge is 0.481 e. The van der Waals surface area contributed by atoms with E-state index in [1.807, 2.05) is 26.0 Å². The summed E-state index contributed by atoms with van der Waals surface area (Å²) in [7, 11) is 1.60. The summed E-state index contributed by atoms with van der Waals surface area (Å²) >= 11 is 0. The van der Waals surface area contributed by atoms with Crippen molar-refractivity contribution in [2.75, 3.05) is 25.1 Å². The third-order valence-electron chi connectivity index (χ3n) is 3.30. The van der Waals surface area contributed by atoms with Gasteiger partial charge in [0.15, 0.2) is 0 Å². The van der Waals surface area contributed by atoms with E-state index in [1.165, 1.54) is 0 Å². The Morgan fingerprint density at radius 3 is 2.75 bits per heavy atom. The fourth-order valence-electron chi connectivity index (χ4n) is 1.87. The molecule has 1 saturated heterocycles. The Morgan fingerprint density at radius 1 is 1.50 bits per heavy atom. The minimum atomic E-state index is -0.545. The van der Waals surface area contributed by atoms with Gasteiger partial charge in [-0.15, -0.1) is 0 Å². The topological polar surface area (TPSA) is 45.6 Å². The zero-order valence-corrected chi connectivity index (χ0v) is 9.97. The molecule has 1 aromatic rings. The molecular formula is C12H18N2O2. The zero-order chi connectivity index (χ0) is 11.8. The molecule has 2 rings (SSSR count). The third-order valence-corrected chi connectivity index (χ3v) is 3.30. The summed E-state index contributed by atoms with van der Waals surface area (Å²) in [5.41, 5.74) is 0.508. The molecule has 0 bridgehead atoms. The first-order valence-corrected chi connectivity index (χ1v) is 5.52. The fraction of sp³-hybridized carbons (Fsp3) is 0.583. The molecule has 0 saturated carbocycles. The number of β-amino-alcohol motifs (C(OH)–C–C–N with tert-alkyl or cyclic N) is 1. The number of aliphatic hydroxyl groups is 1. The lowest BCUT2D eigenvalue weighted by molar-refractivity contribution is -0.0300. The van der Waals surface area contributed by atoms with Crippen LogP contribution in [0.15, 0.2) is 18.3 Å². The Kier molecular flexibility index (Phi) is 2.76. The molecule has 0 atom stereocenters. The molecule has 4 heteroatoms. The van der Waals surface area contributed by atoms with Gasteiger partial charge in [-0.1, -0.05) is 13.8 Å². The number of anilines is 1.